The predicted molar refractivity (Wildman–Crippen MR) is 146 cm³/mol. The van der Waals surface area contributed by atoms with E-state index in [4.69, 9.17) is 10.5 Å². The molecule has 1 aromatic carbocycles. The molecule has 1 aliphatic heterocycles. The van der Waals surface area contributed by atoms with E-state index < -0.39 is 0 Å². The molecule has 8 nitrogen and oxygen atoms in total. The summed E-state index contributed by atoms with van der Waals surface area (Å²) in [6, 6.07) is 8.01. The molecule has 3 atom stereocenters. The third-order valence-corrected chi connectivity index (χ3v) is 7.30. The van der Waals surface area contributed by atoms with Crippen LogP contribution in [0.2, 0.25) is 0 Å². The van der Waals surface area contributed by atoms with Crippen LogP contribution < -0.4 is 10.5 Å². The van der Waals surface area contributed by atoms with Gasteiger partial charge in [0.25, 0.3) is 0 Å². The molecule has 3 heterocycles. The second kappa shape index (κ2) is 9.91. The fourth-order valence-electron chi connectivity index (χ4n) is 5.44. The van der Waals surface area contributed by atoms with Crippen molar-refractivity contribution in [1.29, 1.82) is 0 Å². The van der Waals surface area contributed by atoms with Gasteiger partial charge < -0.3 is 24.8 Å². The molecule has 5 rings (SSSR count). The first-order chi connectivity index (χ1) is 17.8. The first kappa shape index (κ1) is 24.8. The van der Waals surface area contributed by atoms with E-state index in [1.165, 1.54) is 6.33 Å². The van der Waals surface area contributed by atoms with Crippen molar-refractivity contribution in [2.75, 3.05) is 46.6 Å². The van der Waals surface area contributed by atoms with Crippen LogP contribution in [0.25, 0.3) is 22.2 Å². The summed E-state index contributed by atoms with van der Waals surface area (Å²) in [5.74, 6) is 9.47. The number of nitrogen functional groups attached to an aromatic ring is 1. The van der Waals surface area contributed by atoms with Crippen LogP contribution in [0.3, 0.4) is 0 Å². The maximum atomic E-state index is 12.5. The highest BCUT2D eigenvalue weighted by molar-refractivity contribution is 6.04. The first-order valence-electron chi connectivity index (χ1n) is 12.7. The van der Waals surface area contributed by atoms with Gasteiger partial charge in [-0.25, -0.2) is 9.97 Å². The van der Waals surface area contributed by atoms with Gasteiger partial charge >= 0.3 is 0 Å². The lowest BCUT2D eigenvalue weighted by Crippen LogP contribution is -2.30. The van der Waals surface area contributed by atoms with Gasteiger partial charge in [-0.05, 0) is 51.8 Å². The third kappa shape index (κ3) is 4.56. The predicted octanol–water partition coefficient (Wildman–Crippen LogP) is 3.44. The molecular formula is C29H34N6O2. The Morgan fingerprint density at radius 2 is 1.97 bits per heavy atom. The lowest BCUT2D eigenvalue weighted by Gasteiger charge is -2.17. The number of likely N-dealkylation sites (tertiary alicyclic amines) is 1. The molecule has 2 fully saturated rings. The zero-order valence-electron chi connectivity index (χ0n) is 22.1. The van der Waals surface area contributed by atoms with Gasteiger partial charge in [0.2, 0.25) is 5.91 Å². The molecule has 2 aliphatic rings. The summed E-state index contributed by atoms with van der Waals surface area (Å²) >= 11 is 0. The largest absolute Gasteiger partial charge is 0.496 e. The van der Waals surface area contributed by atoms with Crippen molar-refractivity contribution in [3.05, 3.63) is 48.4 Å². The van der Waals surface area contributed by atoms with Crippen molar-refractivity contribution in [2.45, 2.75) is 19.9 Å². The standard InChI is InChI=1S/C29H34N6O2/c1-18(2)35-23(13-12-19-21-15-34(16-22(19)21)25(36)11-8-14-33(3)4)26(20-9-6-7-10-24(20)37-5)27-28(30)31-17-32-29(27)35/h6-11,17-19,21-22H,14-16H2,1-5H3,(H2,30,31,32)/b11-8+/t19?,21-,22+. The van der Waals surface area contributed by atoms with Gasteiger partial charge in [0.1, 0.15) is 29.2 Å². The number of methoxy groups -OCH3 is 1. The monoisotopic (exact) mass is 498 g/mol. The minimum atomic E-state index is 0.0909. The van der Waals surface area contributed by atoms with E-state index in [1.807, 2.05) is 54.2 Å². The number of nitrogens with two attached hydrogens (primary N) is 1. The van der Waals surface area contributed by atoms with Crippen molar-refractivity contribution in [3.8, 4) is 28.7 Å². The van der Waals surface area contributed by atoms with Crippen LogP contribution in [0, 0.1) is 29.6 Å². The molecule has 1 amide bonds. The van der Waals surface area contributed by atoms with E-state index in [9.17, 15) is 4.79 Å². The first-order valence-corrected chi connectivity index (χ1v) is 12.7. The molecule has 0 spiro atoms. The lowest BCUT2D eigenvalue weighted by molar-refractivity contribution is -0.125. The number of fused-ring (bicyclic) bond motifs is 2. The molecule has 0 bridgehead atoms. The minimum absolute atomic E-state index is 0.0909. The van der Waals surface area contributed by atoms with Gasteiger partial charge in [-0.1, -0.05) is 30.2 Å². The zero-order chi connectivity index (χ0) is 26.3. The number of carbonyl (C=O) groups excluding carboxylic acids is 1. The molecule has 1 saturated carbocycles. The van der Waals surface area contributed by atoms with Crippen LogP contribution >= 0.6 is 0 Å². The Balaban J connectivity index is 1.48. The second-order valence-electron chi connectivity index (χ2n) is 10.4. The molecule has 1 saturated heterocycles. The van der Waals surface area contributed by atoms with Gasteiger partial charge in [-0.15, -0.1) is 0 Å². The quantitative estimate of drug-likeness (QED) is 0.414. The lowest BCUT2D eigenvalue weighted by atomic mass is 10.0. The van der Waals surface area contributed by atoms with Crippen molar-refractivity contribution in [1.82, 2.24) is 24.3 Å². The van der Waals surface area contributed by atoms with E-state index in [-0.39, 0.29) is 17.9 Å². The average molecular weight is 499 g/mol. The zero-order valence-corrected chi connectivity index (χ0v) is 22.1. The van der Waals surface area contributed by atoms with Crippen LogP contribution in [0.5, 0.6) is 5.75 Å². The number of nitrogens with zero attached hydrogens (tertiary/aromatic N) is 5. The Hall–Kier alpha value is -3.83. The molecule has 8 heteroatoms. The fraction of sp³-hybridized carbons (Fsp3) is 0.414. The summed E-state index contributed by atoms with van der Waals surface area (Å²) in [7, 11) is 5.64. The summed E-state index contributed by atoms with van der Waals surface area (Å²) < 4.78 is 7.85. The molecule has 2 N–H and O–H groups in total. The van der Waals surface area contributed by atoms with Gasteiger partial charge in [0.15, 0.2) is 0 Å². The SMILES string of the molecule is COc1ccccc1-c1c(C#CC2[C@H]3CN(C(=O)/C=C/CN(C)C)C[C@@H]23)n(C(C)C)c2ncnc(N)c12. The summed E-state index contributed by atoms with van der Waals surface area (Å²) in [6.45, 7) is 6.52. The van der Waals surface area contributed by atoms with Crippen LogP contribution in [-0.2, 0) is 4.79 Å². The van der Waals surface area contributed by atoms with Crippen LogP contribution in [0.15, 0.2) is 42.7 Å². The van der Waals surface area contributed by atoms with E-state index >= 15 is 0 Å². The van der Waals surface area contributed by atoms with E-state index in [1.54, 1.807) is 13.2 Å². The van der Waals surface area contributed by atoms with Crippen molar-refractivity contribution < 1.29 is 9.53 Å². The number of amides is 1. The Kier molecular flexibility index (Phi) is 6.65. The number of carbonyl (C=O) groups is 1. The topological polar surface area (TPSA) is 89.5 Å². The number of benzene rings is 1. The molecule has 1 unspecified atom stereocenters. The van der Waals surface area contributed by atoms with Crippen LogP contribution in [0.1, 0.15) is 25.6 Å². The van der Waals surface area contributed by atoms with E-state index in [0.29, 0.717) is 17.7 Å². The Labute approximate surface area is 218 Å². The molecule has 2 aromatic heterocycles. The Morgan fingerprint density at radius 3 is 2.65 bits per heavy atom. The maximum Gasteiger partial charge on any atom is 0.246 e. The molecular weight excluding hydrogens is 464 g/mol. The molecule has 192 valence electrons. The van der Waals surface area contributed by atoms with Crippen LogP contribution in [0.4, 0.5) is 5.82 Å². The average Bonchev–Trinajstić information content (AvgIpc) is 3.18. The number of likely N-dealkylation sites (N-methyl/N-ethyl adjacent to an activating group) is 1. The summed E-state index contributed by atoms with van der Waals surface area (Å²) in [4.78, 5) is 25.4. The molecule has 3 aromatic rings. The number of hydrogen-bond donors (Lipinski definition) is 1. The van der Waals surface area contributed by atoms with E-state index in [2.05, 4.69) is 40.2 Å². The normalized spacial score (nSPS) is 20.5. The number of piperidine rings is 1. The fourth-order valence-corrected chi connectivity index (χ4v) is 5.44. The number of hydrogen-bond acceptors (Lipinski definition) is 6. The number of aromatic nitrogens is 3. The Morgan fingerprint density at radius 1 is 1.24 bits per heavy atom. The maximum absolute atomic E-state index is 12.5. The second-order valence-corrected chi connectivity index (χ2v) is 10.4. The third-order valence-electron chi connectivity index (χ3n) is 7.30. The van der Waals surface area contributed by atoms with Gasteiger partial charge in [-0.3, -0.25) is 4.79 Å². The Bertz CT molecular complexity index is 1420. The smallest absolute Gasteiger partial charge is 0.246 e. The van der Waals surface area contributed by atoms with Gasteiger partial charge in [0, 0.05) is 48.8 Å². The van der Waals surface area contributed by atoms with Crippen molar-refractivity contribution in [2.24, 2.45) is 17.8 Å². The molecule has 0 radical (unpaired) electrons. The van der Waals surface area contributed by atoms with Gasteiger partial charge in [0.05, 0.1) is 12.5 Å². The van der Waals surface area contributed by atoms with Crippen molar-refractivity contribution >= 4 is 22.8 Å². The molecule has 37 heavy (non-hydrogen) atoms. The highest BCUT2D eigenvalue weighted by Crippen LogP contribution is 2.51. The minimum Gasteiger partial charge on any atom is -0.496 e. The summed E-state index contributed by atoms with van der Waals surface area (Å²) in [6.07, 6.45) is 5.11. The summed E-state index contributed by atoms with van der Waals surface area (Å²) in [5, 5.41) is 0.794. The van der Waals surface area contributed by atoms with Gasteiger partial charge in [-0.2, -0.15) is 0 Å². The van der Waals surface area contributed by atoms with Crippen LogP contribution in [-0.4, -0.2) is 71.1 Å². The van der Waals surface area contributed by atoms with Crippen molar-refractivity contribution in [3.63, 3.8) is 0 Å². The highest BCUT2D eigenvalue weighted by atomic mass is 16.5. The summed E-state index contributed by atoms with van der Waals surface area (Å²) in [5.41, 5.74) is 9.86. The number of anilines is 1. The highest BCUT2D eigenvalue weighted by Gasteiger charge is 2.55. The number of ether oxygens (including phenoxy) is 1. The molecule has 1 aliphatic carbocycles. The number of rotatable bonds is 6. The number of para-hydroxylation sites is 1. The van der Waals surface area contributed by atoms with E-state index in [0.717, 1.165) is 53.2 Å².